The van der Waals surface area contributed by atoms with Gasteiger partial charge in [-0.25, -0.2) is 4.79 Å². The first-order chi connectivity index (χ1) is 8.70. The van der Waals surface area contributed by atoms with Crippen molar-refractivity contribution in [2.45, 2.75) is 13.3 Å². The van der Waals surface area contributed by atoms with Gasteiger partial charge < -0.3 is 14.1 Å². The number of H-pyrrole nitrogens is 1. The van der Waals surface area contributed by atoms with Gasteiger partial charge >= 0.3 is 5.76 Å². The Balaban J connectivity index is 2.01. The molecule has 98 valence electrons. The summed E-state index contributed by atoms with van der Waals surface area (Å²) in [5, 5.41) is 0. The van der Waals surface area contributed by atoms with Crippen molar-refractivity contribution in [1.82, 2.24) is 9.88 Å². The highest BCUT2D eigenvalue weighted by Gasteiger charge is 2.07. The largest absolute Gasteiger partial charge is 0.488 e. The Morgan fingerprint density at radius 3 is 3.00 bits per heavy atom. The number of ether oxygens (including phenoxy) is 1. The molecule has 5 heteroatoms. The molecule has 0 aliphatic heterocycles. The summed E-state index contributed by atoms with van der Waals surface area (Å²) < 4.78 is 10.7. The number of hydrogen-bond donors (Lipinski definition) is 1. The van der Waals surface area contributed by atoms with Crippen molar-refractivity contribution in [3.05, 3.63) is 28.7 Å². The number of para-hydroxylation sites is 1. The van der Waals surface area contributed by atoms with Crippen LogP contribution >= 0.6 is 0 Å². The van der Waals surface area contributed by atoms with Crippen LogP contribution in [0.25, 0.3) is 11.1 Å². The van der Waals surface area contributed by atoms with Crippen LogP contribution in [0.15, 0.2) is 27.4 Å². The van der Waals surface area contributed by atoms with Gasteiger partial charge in [0.25, 0.3) is 0 Å². The summed E-state index contributed by atoms with van der Waals surface area (Å²) in [7, 11) is 2.06. The molecule has 1 N–H and O–H groups in total. The van der Waals surface area contributed by atoms with Crippen LogP contribution in [0, 0.1) is 0 Å². The van der Waals surface area contributed by atoms with Gasteiger partial charge in [-0.3, -0.25) is 4.98 Å². The minimum Gasteiger partial charge on any atom is -0.488 e. The lowest BCUT2D eigenvalue weighted by Crippen LogP contribution is -2.24. The van der Waals surface area contributed by atoms with Gasteiger partial charge in [0.05, 0.1) is 5.52 Å². The summed E-state index contributed by atoms with van der Waals surface area (Å²) in [5.41, 5.74) is 1.15. The van der Waals surface area contributed by atoms with Gasteiger partial charge in [-0.05, 0) is 32.1 Å². The Bertz CT molecular complexity index is 559. The average Bonchev–Trinajstić information content (AvgIpc) is 2.70. The maximum absolute atomic E-state index is 11.1. The van der Waals surface area contributed by atoms with Crippen LogP contribution in [0.4, 0.5) is 0 Å². The van der Waals surface area contributed by atoms with Crippen LogP contribution in [0.5, 0.6) is 5.75 Å². The quantitative estimate of drug-likeness (QED) is 0.850. The number of likely N-dealkylation sites (N-methyl/N-ethyl adjacent to an activating group) is 1. The standard InChI is InChI=1S/C13H18N2O3/c1-3-7-15(2)8-9-17-11-6-4-5-10-12(11)18-13(16)14-10/h4-6H,3,7-9H2,1-2H3,(H,14,16). The first-order valence-corrected chi connectivity index (χ1v) is 6.14. The Labute approximate surface area is 105 Å². The van der Waals surface area contributed by atoms with E-state index in [4.69, 9.17) is 9.15 Å². The number of rotatable bonds is 6. The SMILES string of the molecule is CCCN(C)CCOc1cccc2[nH]c(=O)oc12. The second kappa shape index (κ2) is 5.73. The highest BCUT2D eigenvalue weighted by atomic mass is 16.5. The first-order valence-electron chi connectivity index (χ1n) is 6.14. The predicted octanol–water partition coefficient (Wildman–Crippen LogP) is 1.84. The smallest absolute Gasteiger partial charge is 0.417 e. The lowest BCUT2D eigenvalue weighted by atomic mass is 10.3. The van der Waals surface area contributed by atoms with E-state index >= 15 is 0 Å². The lowest BCUT2D eigenvalue weighted by Gasteiger charge is -2.15. The molecular formula is C13H18N2O3. The number of aromatic amines is 1. The molecule has 0 bridgehead atoms. The minimum atomic E-state index is -0.454. The average molecular weight is 250 g/mol. The topological polar surface area (TPSA) is 58.5 Å². The van der Waals surface area contributed by atoms with Gasteiger partial charge in [0.1, 0.15) is 6.61 Å². The second-order valence-electron chi connectivity index (χ2n) is 4.30. The molecule has 0 aliphatic rings. The molecule has 0 spiro atoms. The van der Waals surface area contributed by atoms with E-state index in [1.54, 1.807) is 12.1 Å². The summed E-state index contributed by atoms with van der Waals surface area (Å²) in [6.07, 6.45) is 1.12. The van der Waals surface area contributed by atoms with Crippen molar-refractivity contribution < 1.29 is 9.15 Å². The number of benzene rings is 1. The van der Waals surface area contributed by atoms with E-state index in [1.165, 1.54) is 0 Å². The first kappa shape index (κ1) is 12.7. The Morgan fingerprint density at radius 2 is 2.22 bits per heavy atom. The van der Waals surface area contributed by atoms with E-state index in [0.29, 0.717) is 23.5 Å². The van der Waals surface area contributed by atoms with Crippen molar-refractivity contribution in [1.29, 1.82) is 0 Å². The Morgan fingerprint density at radius 1 is 1.39 bits per heavy atom. The molecule has 2 aromatic rings. The molecule has 1 heterocycles. The summed E-state index contributed by atoms with van der Waals surface area (Å²) in [6.45, 7) is 4.61. The van der Waals surface area contributed by atoms with Crippen molar-refractivity contribution >= 4 is 11.1 Å². The summed E-state index contributed by atoms with van der Waals surface area (Å²) in [6, 6.07) is 5.42. The zero-order valence-electron chi connectivity index (χ0n) is 10.7. The van der Waals surface area contributed by atoms with Crippen LogP contribution in [0.1, 0.15) is 13.3 Å². The van der Waals surface area contributed by atoms with Gasteiger partial charge in [-0.15, -0.1) is 0 Å². The zero-order chi connectivity index (χ0) is 13.0. The molecule has 1 aromatic carbocycles. The fourth-order valence-electron chi connectivity index (χ4n) is 1.87. The molecule has 0 radical (unpaired) electrons. The molecule has 0 amide bonds. The summed E-state index contributed by atoms with van der Waals surface area (Å²) in [4.78, 5) is 15.9. The highest BCUT2D eigenvalue weighted by molar-refractivity contribution is 5.78. The molecule has 0 saturated heterocycles. The Hall–Kier alpha value is -1.75. The van der Waals surface area contributed by atoms with Gasteiger partial charge in [0.15, 0.2) is 11.3 Å². The third kappa shape index (κ3) is 2.92. The van der Waals surface area contributed by atoms with Crippen LogP contribution < -0.4 is 10.5 Å². The summed E-state index contributed by atoms with van der Waals surface area (Å²) in [5.74, 6) is 0.153. The number of hydrogen-bond acceptors (Lipinski definition) is 4. The number of oxazole rings is 1. The van der Waals surface area contributed by atoms with Crippen LogP contribution in [-0.4, -0.2) is 36.6 Å². The highest BCUT2D eigenvalue weighted by Crippen LogP contribution is 2.22. The van der Waals surface area contributed by atoms with E-state index in [2.05, 4.69) is 23.9 Å². The van der Waals surface area contributed by atoms with Crippen molar-refractivity contribution in [3.63, 3.8) is 0 Å². The van der Waals surface area contributed by atoms with Crippen LogP contribution in [-0.2, 0) is 0 Å². The molecule has 0 unspecified atom stereocenters. The third-order valence-electron chi connectivity index (χ3n) is 2.75. The molecule has 0 saturated carbocycles. The lowest BCUT2D eigenvalue weighted by molar-refractivity contribution is 0.237. The molecular weight excluding hydrogens is 232 g/mol. The zero-order valence-corrected chi connectivity index (χ0v) is 10.7. The molecule has 0 atom stereocenters. The van der Waals surface area contributed by atoms with E-state index in [0.717, 1.165) is 19.5 Å². The number of nitrogens with zero attached hydrogens (tertiary/aromatic N) is 1. The minimum absolute atomic E-state index is 0.454. The van der Waals surface area contributed by atoms with Gasteiger partial charge in [-0.2, -0.15) is 0 Å². The van der Waals surface area contributed by atoms with Gasteiger partial charge in [0, 0.05) is 6.54 Å². The second-order valence-corrected chi connectivity index (χ2v) is 4.30. The predicted molar refractivity (Wildman–Crippen MR) is 70.1 cm³/mol. The monoisotopic (exact) mass is 250 g/mol. The third-order valence-corrected chi connectivity index (χ3v) is 2.75. The molecule has 2 rings (SSSR count). The van der Waals surface area contributed by atoms with Crippen molar-refractivity contribution in [2.24, 2.45) is 0 Å². The number of aromatic nitrogens is 1. The fraction of sp³-hybridized carbons (Fsp3) is 0.462. The maximum Gasteiger partial charge on any atom is 0.417 e. The van der Waals surface area contributed by atoms with Gasteiger partial charge in [0.2, 0.25) is 0 Å². The molecule has 5 nitrogen and oxygen atoms in total. The fourth-order valence-corrected chi connectivity index (χ4v) is 1.87. The van der Waals surface area contributed by atoms with Crippen LogP contribution in [0.2, 0.25) is 0 Å². The maximum atomic E-state index is 11.1. The molecule has 0 aliphatic carbocycles. The normalized spacial score (nSPS) is 11.3. The molecule has 0 fully saturated rings. The summed E-state index contributed by atoms with van der Waals surface area (Å²) >= 11 is 0. The van der Waals surface area contributed by atoms with E-state index < -0.39 is 5.76 Å². The van der Waals surface area contributed by atoms with E-state index in [-0.39, 0.29) is 0 Å². The molecule has 1 aromatic heterocycles. The van der Waals surface area contributed by atoms with Crippen molar-refractivity contribution in [3.8, 4) is 5.75 Å². The molecule has 18 heavy (non-hydrogen) atoms. The Kier molecular flexibility index (Phi) is 4.04. The number of fused-ring (bicyclic) bond motifs is 1. The van der Waals surface area contributed by atoms with E-state index in [1.807, 2.05) is 6.07 Å². The number of nitrogens with one attached hydrogen (secondary N) is 1. The van der Waals surface area contributed by atoms with Crippen molar-refractivity contribution in [2.75, 3.05) is 26.7 Å². The van der Waals surface area contributed by atoms with Gasteiger partial charge in [-0.1, -0.05) is 13.0 Å². The van der Waals surface area contributed by atoms with Crippen LogP contribution in [0.3, 0.4) is 0 Å². The van der Waals surface area contributed by atoms with E-state index in [9.17, 15) is 4.79 Å².